The molecule has 1 aromatic carbocycles. The summed E-state index contributed by atoms with van der Waals surface area (Å²) in [5, 5.41) is 1.85. The minimum absolute atomic E-state index is 0.623. The number of imidazole rings is 1. The number of nitrogens with one attached hydrogen (secondary N) is 1. The maximum absolute atomic E-state index is 12.1. The fourth-order valence-electron chi connectivity index (χ4n) is 1.99. The van der Waals surface area contributed by atoms with Gasteiger partial charge in [0.2, 0.25) is 5.91 Å². The number of benzene rings is 1. The minimum Gasteiger partial charge on any atom is -0.346 e. The molecular formula is C14H16F3N3OS. The number of aromatic nitrogens is 2. The normalized spacial score (nSPS) is 13.3. The molecule has 2 rings (SSSR count). The maximum Gasteiger partial charge on any atom is 0.405 e. The van der Waals surface area contributed by atoms with Crippen LogP contribution in [-0.2, 0) is 11.3 Å². The first kappa shape index (κ1) is 16.7. The monoisotopic (exact) mass is 331 g/mol. The van der Waals surface area contributed by atoms with Gasteiger partial charge in [0.15, 0.2) is 5.16 Å². The number of carbonyl (C=O) groups is 1. The lowest BCUT2D eigenvalue weighted by molar-refractivity contribution is -0.137. The van der Waals surface area contributed by atoms with Crippen molar-refractivity contribution in [2.24, 2.45) is 0 Å². The Bertz CT molecular complexity index is 669. The summed E-state index contributed by atoms with van der Waals surface area (Å²) in [6.07, 6.45) is -4.41. The lowest BCUT2D eigenvalue weighted by Gasteiger charge is -2.13. The molecular weight excluding hydrogens is 315 g/mol. The van der Waals surface area contributed by atoms with Crippen LogP contribution in [0.25, 0.3) is 11.0 Å². The SMILES string of the molecule is CCn1c(SC(C)C(=O)NCC(F)(F)F)nc2ccccc21. The fraction of sp³-hybridized carbons (Fsp3) is 0.429. The number of halogens is 3. The zero-order valence-electron chi connectivity index (χ0n) is 12.1. The Morgan fingerprint density at radius 1 is 1.41 bits per heavy atom. The third-order valence-corrected chi connectivity index (χ3v) is 4.14. The van der Waals surface area contributed by atoms with Crippen LogP contribution in [0.3, 0.4) is 0 Å². The van der Waals surface area contributed by atoms with E-state index in [0.29, 0.717) is 11.7 Å². The van der Waals surface area contributed by atoms with Crippen molar-refractivity contribution in [3.8, 4) is 0 Å². The summed E-state index contributed by atoms with van der Waals surface area (Å²) < 4.78 is 38.3. The number of para-hydroxylation sites is 2. The van der Waals surface area contributed by atoms with Gasteiger partial charge in [-0.1, -0.05) is 23.9 Å². The van der Waals surface area contributed by atoms with Gasteiger partial charge in [-0.25, -0.2) is 4.98 Å². The average molecular weight is 331 g/mol. The molecule has 1 atom stereocenters. The van der Waals surface area contributed by atoms with Crippen LogP contribution >= 0.6 is 11.8 Å². The Labute approximate surface area is 130 Å². The Kier molecular flexibility index (Phi) is 5.00. The highest BCUT2D eigenvalue weighted by molar-refractivity contribution is 8.00. The molecule has 0 aliphatic rings. The number of aryl methyl sites for hydroxylation is 1. The number of amides is 1. The Morgan fingerprint density at radius 2 is 2.09 bits per heavy atom. The van der Waals surface area contributed by atoms with Gasteiger partial charge in [-0.3, -0.25) is 4.79 Å². The van der Waals surface area contributed by atoms with E-state index in [1.807, 2.05) is 41.1 Å². The molecule has 0 fully saturated rings. The molecule has 0 saturated carbocycles. The van der Waals surface area contributed by atoms with Gasteiger partial charge in [0.05, 0.1) is 16.3 Å². The Balaban J connectivity index is 2.11. The van der Waals surface area contributed by atoms with E-state index in [1.54, 1.807) is 6.92 Å². The second-order valence-electron chi connectivity index (χ2n) is 4.72. The minimum atomic E-state index is -4.41. The molecule has 0 spiro atoms. The Hall–Kier alpha value is -1.70. The van der Waals surface area contributed by atoms with E-state index in [2.05, 4.69) is 4.98 Å². The van der Waals surface area contributed by atoms with Crippen molar-refractivity contribution in [3.05, 3.63) is 24.3 Å². The van der Waals surface area contributed by atoms with Crippen LogP contribution in [0.1, 0.15) is 13.8 Å². The van der Waals surface area contributed by atoms with E-state index in [-0.39, 0.29) is 0 Å². The molecule has 4 nitrogen and oxygen atoms in total. The summed E-state index contributed by atoms with van der Waals surface area (Å²) >= 11 is 1.15. The quantitative estimate of drug-likeness (QED) is 0.856. The van der Waals surface area contributed by atoms with E-state index in [9.17, 15) is 18.0 Å². The van der Waals surface area contributed by atoms with Crippen LogP contribution in [0.5, 0.6) is 0 Å². The van der Waals surface area contributed by atoms with E-state index < -0.39 is 23.9 Å². The summed E-state index contributed by atoms with van der Waals surface area (Å²) in [6.45, 7) is 2.86. The molecule has 0 radical (unpaired) electrons. The molecule has 22 heavy (non-hydrogen) atoms. The maximum atomic E-state index is 12.1. The number of fused-ring (bicyclic) bond motifs is 1. The molecule has 0 aliphatic heterocycles. The van der Waals surface area contributed by atoms with Crippen molar-refractivity contribution < 1.29 is 18.0 Å². The number of thioether (sulfide) groups is 1. The van der Waals surface area contributed by atoms with Crippen LogP contribution in [0, 0.1) is 0 Å². The van der Waals surface area contributed by atoms with Gasteiger partial charge in [0, 0.05) is 6.54 Å². The summed E-state index contributed by atoms with van der Waals surface area (Å²) in [6, 6.07) is 7.54. The number of hydrogen-bond acceptors (Lipinski definition) is 3. The highest BCUT2D eigenvalue weighted by Gasteiger charge is 2.29. The summed E-state index contributed by atoms with van der Waals surface area (Å²) in [5.74, 6) is -0.656. The topological polar surface area (TPSA) is 46.9 Å². The molecule has 1 amide bonds. The van der Waals surface area contributed by atoms with Crippen LogP contribution in [0.15, 0.2) is 29.4 Å². The molecule has 1 N–H and O–H groups in total. The van der Waals surface area contributed by atoms with Gasteiger partial charge in [0.25, 0.3) is 0 Å². The number of rotatable bonds is 5. The molecule has 120 valence electrons. The third kappa shape index (κ3) is 3.94. The fourth-order valence-corrected chi connectivity index (χ4v) is 3.00. The van der Waals surface area contributed by atoms with Gasteiger partial charge >= 0.3 is 6.18 Å². The lowest BCUT2D eigenvalue weighted by atomic mass is 10.3. The summed E-state index contributed by atoms with van der Waals surface area (Å²) in [4.78, 5) is 16.2. The standard InChI is InChI=1S/C14H16F3N3OS/c1-3-20-11-7-5-4-6-10(11)19-13(20)22-9(2)12(21)18-8-14(15,16)17/h4-7,9H,3,8H2,1-2H3,(H,18,21). The second-order valence-corrected chi connectivity index (χ2v) is 6.03. The zero-order chi connectivity index (χ0) is 16.3. The largest absolute Gasteiger partial charge is 0.405 e. The third-order valence-electron chi connectivity index (χ3n) is 3.05. The predicted octanol–water partition coefficient (Wildman–Crippen LogP) is 3.22. The van der Waals surface area contributed by atoms with Crippen molar-refractivity contribution in [1.29, 1.82) is 0 Å². The van der Waals surface area contributed by atoms with Crippen molar-refractivity contribution in [2.45, 2.75) is 37.0 Å². The second kappa shape index (κ2) is 6.60. The van der Waals surface area contributed by atoms with Crippen molar-refractivity contribution in [1.82, 2.24) is 14.9 Å². The van der Waals surface area contributed by atoms with Gasteiger partial charge in [-0.15, -0.1) is 0 Å². The zero-order valence-corrected chi connectivity index (χ0v) is 13.0. The first-order valence-electron chi connectivity index (χ1n) is 6.78. The van der Waals surface area contributed by atoms with Crippen LogP contribution in [-0.4, -0.2) is 33.4 Å². The molecule has 0 aliphatic carbocycles. The van der Waals surface area contributed by atoms with Gasteiger partial charge in [-0.2, -0.15) is 13.2 Å². The molecule has 2 aromatic rings. The predicted molar refractivity (Wildman–Crippen MR) is 79.8 cm³/mol. The summed E-state index contributed by atoms with van der Waals surface area (Å²) in [5.41, 5.74) is 1.74. The molecule has 0 saturated heterocycles. The Morgan fingerprint density at radius 3 is 2.73 bits per heavy atom. The smallest absolute Gasteiger partial charge is 0.346 e. The molecule has 1 aromatic heterocycles. The number of carbonyl (C=O) groups excluding carboxylic acids is 1. The van der Waals surface area contributed by atoms with Crippen LogP contribution < -0.4 is 5.32 Å². The highest BCUT2D eigenvalue weighted by atomic mass is 32.2. The molecule has 8 heteroatoms. The molecule has 0 bridgehead atoms. The first-order valence-corrected chi connectivity index (χ1v) is 7.66. The van der Waals surface area contributed by atoms with E-state index in [0.717, 1.165) is 22.8 Å². The lowest BCUT2D eigenvalue weighted by Crippen LogP contribution is -2.38. The van der Waals surface area contributed by atoms with E-state index in [4.69, 9.17) is 0 Å². The molecule has 1 unspecified atom stereocenters. The van der Waals surface area contributed by atoms with Crippen molar-refractivity contribution >= 4 is 28.7 Å². The number of nitrogens with zero attached hydrogens (tertiary/aromatic N) is 2. The van der Waals surface area contributed by atoms with Crippen LogP contribution in [0.2, 0.25) is 0 Å². The van der Waals surface area contributed by atoms with E-state index in [1.165, 1.54) is 0 Å². The van der Waals surface area contributed by atoms with Crippen LogP contribution in [0.4, 0.5) is 13.2 Å². The van der Waals surface area contributed by atoms with Crippen molar-refractivity contribution in [3.63, 3.8) is 0 Å². The van der Waals surface area contributed by atoms with Gasteiger partial charge < -0.3 is 9.88 Å². The highest BCUT2D eigenvalue weighted by Crippen LogP contribution is 2.27. The van der Waals surface area contributed by atoms with Gasteiger partial charge in [0.1, 0.15) is 6.54 Å². The summed E-state index contributed by atoms with van der Waals surface area (Å²) in [7, 11) is 0. The average Bonchev–Trinajstić information content (AvgIpc) is 2.80. The van der Waals surface area contributed by atoms with E-state index >= 15 is 0 Å². The number of alkyl halides is 3. The van der Waals surface area contributed by atoms with Crippen molar-refractivity contribution in [2.75, 3.05) is 6.54 Å². The number of hydrogen-bond donors (Lipinski definition) is 1. The van der Waals surface area contributed by atoms with Gasteiger partial charge in [-0.05, 0) is 26.0 Å². The molecule has 1 heterocycles. The first-order chi connectivity index (χ1) is 10.3.